The molecule has 1 aromatic heterocycles. The monoisotopic (exact) mass is 342 g/mol. The number of carbonyl (C=O) groups is 2. The van der Waals surface area contributed by atoms with Crippen LogP contribution in [0.5, 0.6) is 0 Å². The van der Waals surface area contributed by atoms with Crippen LogP contribution in [0.4, 0.5) is 0 Å². The number of nitrogens with zero attached hydrogens (tertiary/aromatic N) is 3. The van der Waals surface area contributed by atoms with Crippen LogP contribution in [0.3, 0.4) is 0 Å². The summed E-state index contributed by atoms with van der Waals surface area (Å²) in [4.78, 5) is 24.9. The van der Waals surface area contributed by atoms with Crippen molar-refractivity contribution in [3.05, 3.63) is 48.3 Å². The molecule has 3 rings (SSSR count). The van der Waals surface area contributed by atoms with Gasteiger partial charge in [0.1, 0.15) is 6.04 Å². The molecule has 1 saturated heterocycles. The van der Waals surface area contributed by atoms with Crippen molar-refractivity contribution in [3.63, 3.8) is 0 Å². The molecule has 1 aromatic carbocycles. The van der Waals surface area contributed by atoms with Crippen LogP contribution < -0.4 is 5.32 Å². The molecule has 1 atom stereocenters. The lowest BCUT2D eigenvalue weighted by molar-refractivity contribution is -0.142. The molecule has 1 aliphatic heterocycles. The molecule has 0 aliphatic carbocycles. The maximum absolute atomic E-state index is 12.0. The fourth-order valence-electron chi connectivity index (χ4n) is 3.09. The zero-order valence-electron chi connectivity index (χ0n) is 14.0. The third kappa shape index (κ3) is 4.45. The number of benzene rings is 1. The van der Waals surface area contributed by atoms with Gasteiger partial charge in [-0.25, -0.2) is 4.68 Å². The van der Waals surface area contributed by atoms with Crippen molar-refractivity contribution in [1.82, 2.24) is 20.0 Å². The van der Waals surface area contributed by atoms with Gasteiger partial charge in [-0.2, -0.15) is 5.10 Å². The van der Waals surface area contributed by atoms with E-state index in [4.69, 9.17) is 5.11 Å². The van der Waals surface area contributed by atoms with Crippen molar-refractivity contribution < 1.29 is 14.7 Å². The minimum atomic E-state index is -0.848. The molecule has 132 valence electrons. The molecule has 1 fully saturated rings. The van der Waals surface area contributed by atoms with Gasteiger partial charge in [0.05, 0.1) is 18.4 Å². The average molecular weight is 342 g/mol. The summed E-state index contributed by atoms with van der Waals surface area (Å²) in [5, 5.41) is 16.3. The number of amides is 1. The molecule has 7 heteroatoms. The van der Waals surface area contributed by atoms with Crippen LogP contribution in [0.15, 0.2) is 42.7 Å². The van der Waals surface area contributed by atoms with Crippen molar-refractivity contribution >= 4 is 11.9 Å². The van der Waals surface area contributed by atoms with Gasteiger partial charge in [-0.3, -0.25) is 14.5 Å². The van der Waals surface area contributed by atoms with Crippen molar-refractivity contribution in [2.45, 2.75) is 25.3 Å². The van der Waals surface area contributed by atoms with Crippen LogP contribution in [0.25, 0.3) is 5.69 Å². The van der Waals surface area contributed by atoms with E-state index in [9.17, 15) is 9.59 Å². The van der Waals surface area contributed by atoms with Gasteiger partial charge in [-0.15, -0.1) is 0 Å². The predicted molar refractivity (Wildman–Crippen MR) is 92.5 cm³/mol. The molecule has 25 heavy (non-hydrogen) atoms. The van der Waals surface area contributed by atoms with Crippen LogP contribution >= 0.6 is 0 Å². The number of carboxylic acid groups (broad SMARTS) is 1. The fourth-order valence-corrected chi connectivity index (χ4v) is 3.09. The molecule has 0 spiro atoms. The number of carbonyl (C=O) groups excluding carboxylic acids is 1. The number of aromatic nitrogens is 2. The van der Waals surface area contributed by atoms with E-state index < -0.39 is 12.0 Å². The summed E-state index contributed by atoms with van der Waals surface area (Å²) in [6.45, 7) is 1.30. The van der Waals surface area contributed by atoms with E-state index in [0.29, 0.717) is 25.9 Å². The zero-order valence-corrected chi connectivity index (χ0v) is 14.0. The second-order valence-corrected chi connectivity index (χ2v) is 6.20. The van der Waals surface area contributed by atoms with Crippen molar-refractivity contribution in [2.75, 3.05) is 19.6 Å². The molecular formula is C18H22N4O3. The van der Waals surface area contributed by atoms with Crippen LogP contribution in [0.1, 0.15) is 18.4 Å². The van der Waals surface area contributed by atoms with Gasteiger partial charge < -0.3 is 10.4 Å². The summed E-state index contributed by atoms with van der Waals surface area (Å²) in [6.07, 6.45) is 5.85. The quantitative estimate of drug-likeness (QED) is 0.786. The number of hydrogen-bond acceptors (Lipinski definition) is 4. The van der Waals surface area contributed by atoms with E-state index in [-0.39, 0.29) is 12.5 Å². The largest absolute Gasteiger partial charge is 0.480 e. The first kappa shape index (κ1) is 17.2. The summed E-state index contributed by atoms with van der Waals surface area (Å²) < 4.78 is 1.80. The lowest BCUT2D eigenvalue weighted by atomic mass is 10.2. The van der Waals surface area contributed by atoms with Gasteiger partial charge in [-0.05, 0) is 43.5 Å². The molecule has 7 nitrogen and oxygen atoms in total. The first-order valence-electron chi connectivity index (χ1n) is 8.46. The van der Waals surface area contributed by atoms with Gasteiger partial charge in [-0.1, -0.05) is 18.2 Å². The topological polar surface area (TPSA) is 87.5 Å². The first-order valence-corrected chi connectivity index (χ1v) is 8.46. The number of rotatable bonds is 7. The third-order valence-electron chi connectivity index (χ3n) is 4.39. The number of para-hydroxylation sites is 1. The maximum Gasteiger partial charge on any atom is 0.320 e. The van der Waals surface area contributed by atoms with Gasteiger partial charge in [0.2, 0.25) is 5.91 Å². The van der Waals surface area contributed by atoms with Crippen LogP contribution in [0.2, 0.25) is 0 Å². The van der Waals surface area contributed by atoms with Gasteiger partial charge in [0.15, 0.2) is 0 Å². The van der Waals surface area contributed by atoms with Crippen LogP contribution in [-0.4, -0.2) is 57.3 Å². The number of hydrogen-bond donors (Lipinski definition) is 2. The number of nitrogens with one attached hydrogen (secondary N) is 1. The number of likely N-dealkylation sites (tertiary alicyclic amines) is 1. The smallest absolute Gasteiger partial charge is 0.320 e. The van der Waals surface area contributed by atoms with E-state index >= 15 is 0 Å². The SMILES string of the molecule is O=C(CN1CCC[C@@H]1C(=O)O)NCCc1cnn(-c2ccccc2)c1. The summed E-state index contributed by atoms with van der Waals surface area (Å²) in [6, 6.07) is 9.30. The van der Waals surface area contributed by atoms with Crippen molar-refractivity contribution in [2.24, 2.45) is 0 Å². The molecule has 1 amide bonds. The van der Waals surface area contributed by atoms with E-state index in [0.717, 1.165) is 17.7 Å². The van der Waals surface area contributed by atoms with E-state index in [1.807, 2.05) is 36.5 Å². The molecule has 1 aliphatic rings. The Morgan fingerprint density at radius 3 is 2.84 bits per heavy atom. The minimum absolute atomic E-state index is 0.136. The molecular weight excluding hydrogens is 320 g/mol. The highest BCUT2D eigenvalue weighted by Crippen LogP contribution is 2.16. The lowest BCUT2D eigenvalue weighted by Crippen LogP contribution is -2.43. The highest BCUT2D eigenvalue weighted by atomic mass is 16.4. The fraction of sp³-hybridized carbons (Fsp3) is 0.389. The Labute approximate surface area is 146 Å². The Bertz CT molecular complexity index is 729. The van der Waals surface area contributed by atoms with Crippen molar-refractivity contribution in [1.29, 1.82) is 0 Å². The van der Waals surface area contributed by atoms with Crippen LogP contribution in [-0.2, 0) is 16.0 Å². The normalized spacial score (nSPS) is 17.5. The van der Waals surface area contributed by atoms with E-state index in [2.05, 4.69) is 10.4 Å². The zero-order chi connectivity index (χ0) is 17.6. The molecule has 0 saturated carbocycles. The maximum atomic E-state index is 12.0. The lowest BCUT2D eigenvalue weighted by Gasteiger charge is -2.20. The Hall–Kier alpha value is -2.67. The van der Waals surface area contributed by atoms with E-state index in [1.54, 1.807) is 15.8 Å². The standard InChI is InChI=1S/C18H22N4O3/c23-17(13-21-10-4-7-16(21)18(24)25)19-9-8-14-11-20-22(12-14)15-5-2-1-3-6-15/h1-3,5-6,11-12,16H,4,7-10,13H2,(H,19,23)(H,24,25)/t16-/m1/s1. The number of carboxylic acids is 1. The first-order chi connectivity index (χ1) is 12.1. The summed E-state index contributed by atoms with van der Waals surface area (Å²) in [7, 11) is 0. The minimum Gasteiger partial charge on any atom is -0.480 e. The van der Waals surface area contributed by atoms with Gasteiger partial charge in [0, 0.05) is 12.7 Å². The Balaban J connectivity index is 1.44. The third-order valence-corrected chi connectivity index (χ3v) is 4.39. The molecule has 2 N–H and O–H groups in total. The highest BCUT2D eigenvalue weighted by Gasteiger charge is 2.31. The van der Waals surface area contributed by atoms with Gasteiger partial charge >= 0.3 is 5.97 Å². The summed E-state index contributed by atoms with van der Waals surface area (Å²) in [5.41, 5.74) is 2.03. The Morgan fingerprint density at radius 1 is 1.28 bits per heavy atom. The molecule has 2 aromatic rings. The second-order valence-electron chi connectivity index (χ2n) is 6.20. The summed E-state index contributed by atoms with van der Waals surface area (Å²) >= 11 is 0. The molecule has 0 radical (unpaired) electrons. The van der Waals surface area contributed by atoms with Gasteiger partial charge in [0.25, 0.3) is 0 Å². The average Bonchev–Trinajstić information content (AvgIpc) is 3.25. The Morgan fingerprint density at radius 2 is 2.08 bits per heavy atom. The van der Waals surface area contributed by atoms with E-state index in [1.165, 1.54) is 0 Å². The molecule has 0 bridgehead atoms. The molecule has 2 heterocycles. The highest BCUT2D eigenvalue weighted by molar-refractivity contribution is 5.80. The number of aliphatic carboxylic acids is 1. The second kappa shape index (κ2) is 7.94. The van der Waals surface area contributed by atoms with Crippen molar-refractivity contribution in [3.8, 4) is 5.69 Å². The van der Waals surface area contributed by atoms with Crippen LogP contribution in [0, 0.1) is 0 Å². The molecule has 0 unspecified atom stereocenters. The predicted octanol–water partition coefficient (Wildman–Crippen LogP) is 1.08. The Kier molecular flexibility index (Phi) is 5.45. The summed E-state index contributed by atoms with van der Waals surface area (Å²) in [5.74, 6) is -0.984.